The molecule has 0 saturated heterocycles. The molecule has 0 aliphatic heterocycles. The number of hydrogen-bond donors (Lipinski definition) is 1. The first-order valence-electron chi connectivity index (χ1n) is 6.27. The molecular formula is C15H17N3O. The number of aromatic amines is 1. The van der Waals surface area contributed by atoms with E-state index >= 15 is 0 Å². The number of rotatable bonds is 4. The van der Waals surface area contributed by atoms with E-state index in [1.165, 1.54) is 0 Å². The zero-order valence-corrected chi connectivity index (χ0v) is 11.1. The van der Waals surface area contributed by atoms with Gasteiger partial charge in [-0.3, -0.25) is 19.6 Å². The van der Waals surface area contributed by atoms with Crippen LogP contribution in [0.15, 0.2) is 46.2 Å². The summed E-state index contributed by atoms with van der Waals surface area (Å²) in [7, 11) is 0. The normalized spacial score (nSPS) is 11.7. The van der Waals surface area contributed by atoms with Crippen molar-refractivity contribution in [3.63, 3.8) is 0 Å². The van der Waals surface area contributed by atoms with Crippen molar-refractivity contribution in [1.82, 2.24) is 9.78 Å². The minimum Gasteiger partial charge on any atom is -0.299 e. The molecule has 0 fully saturated rings. The van der Waals surface area contributed by atoms with Crippen LogP contribution in [-0.2, 0) is 6.54 Å². The van der Waals surface area contributed by atoms with Gasteiger partial charge in [-0.1, -0.05) is 18.2 Å². The number of nitrogens with one attached hydrogen (secondary N) is 1. The lowest BCUT2D eigenvalue weighted by atomic mass is 10.2. The summed E-state index contributed by atoms with van der Waals surface area (Å²) in [5.74, 6) is 0. The van der Waals surface area contributed by atoms with Crippen LogP contribution < -0.4 is 5.56 Å². The van der Waals surface area contributed by atoms with Gasteiger partial charge in [0.05, 0.1) is 11.3 Å². The monoisotopic (exact) mass is 255 g/mol. The van der Waals surface area contributed by atoms with Crippen LogP contribution in [0.2, 0.25) is 0 Å². The molecular weight excluding hydrogens is 238 g/mol. The summed E-state index contributed by atoms with van der Waals surface area (Å²) in [6.45, 7) is 4.47. The third-order valence-corrected chi connectivity index (χ3v) is 2.83. The van der Waals surface area contributed by atoms with Gasteiger partial charge in [0.2, 0.25) is 0 Å². The van der Waals surface area contributed by atoms with E-state index in [0.717, 1.165) is 11.4 Å². The number of nitrogens with zero attached hydrogens (tertiary/aromatic N) is 2. The van der Waals surface area contributed by atoms with Crippen molar-refractivity contribution in [2.45, 2.75) is 20.4 Å². The maximum Gasteiger partial charge on any atom is 0.273 e. The number of H-pyrrole nitrogens is 1. The molecule has 0 saturated carbocycles. The summed E-state index contributed by atoms with van der Waals surface area (Å²) in [6.07, 6.45) is 5.26. The second-order valence-electron chi connectivity index (χ2n) is 4.17. The molecule has 2 aromatic rings. The Morgan fingerprint density at radius 1 is 1.32 bits per heavy atom. The van der Waals surface area contributed by atoms with Gasteiger partial charge in [0.15, 0.2) is 0 Å². The minimum absolute atomic E-state index is 0.00404. The third kappa shape index (κ3) is 3.10. The van der Waals surface area contributed by atoms with Crippen molar-refractivity contribution in [3.05, 3.63) is 58.0 Å². The van der Waals surface area contributed by atoms with Crippen molar-refractivity contribution in [2.24, 2.45) is 4.99 Å². The SMILES string of the molecule is CCn1[nH]c(C)c(/C=C/C=Nc2ccccc2)c1=O. The molecule has 0 spiro atoms. The van der Waals surface area contributed by atoms with Gasteiger partial charge in [0.1, 0.15) is 0 Å². The van der Waals surface area contributed by atoms with Gasteiger partial charge >= 0.3 is 0 Å². The van der Waals surface area contributed by atoms with Gasteiger partial charge in [-0.15, -0.1) is 0 Å². The van der Waals surface area contributed by atoms with Crippen molar-refractivity contribution in [3.8, 4) is 0 Å². The standard InChI is InChI=1S/C15H17N3O/c1-3-18-15(19)14(12(2)17-18)10-7-11-16-13-8-5-4-6-9-13/h4-11,17H,3H2,1-2H3/b10-7+,16-11?. The maximum atomic E-state index is 11.9. The van der Waals surface area contributed by atoms with E-state index in [-0.39, 0.29) is 5.56 Å². The second-order valence-corrected chi connectivity index (χ2v) is 4.17. The molecule has 0 amide bonds. The highest BCUT2D eigenvalue weighted by molar-refractivity contribution is 5.80. The van der Waals surface area contributed by atoms with Gasteiger partial charge in [-0.25, -0.2) is 0 Å². The summed E-state index contributed by atoms with van der Waals surface area (Å²) in [5.41, 5.74) is 2.45. The zero-order chi connectivity index (χ0) is 13.7. The smallest absolute Gasteiger partial charge is 0.273 e. The number of aryl methyl sites for hydroxylation is 2. The van der Waals surface area contributed by atoms with Gasteiger partial charge in [-0.05, 0) is 38.1 Å². The molecule has 98 valence electrons. The zero-order valence-electron chi connectivity index (χ0n) is 11.1. The van der Waals surface area contributed by atoms with Crippen molar-refractivity contribution >= 4 is 18.0 Å². The first-order valence-corrected chi connectivity index (χ1v) is 6.27. The Morgan fingerprint density at radius 2 is 2.05 bits per heavy atom. The molecule has 1 aromatic heterocycles. The Bertz CT molecular complexity index is 648. The van der Waals surface area contributed by atoms with E-state index in [4.69, 9.17) is 0 Å². The number of benzene rings is 1. The largest absolute Gasteiger partial charge is 0.299 e. The van der Waals surface area contributed by atoms with Crippen LogP contribution in [-0.4, -0.2) is 16.0 Å². The summed E-state index contributed by atoms with van der Waals surface area (Å²) in [4.78, 5) is 16.2. The highest BCUT2D eigenvalue weighted by atomic mass is 16.1. The minimum atomic E-state index is 0.00404. The first-order chi connectivity index (χ1) is 9.22. The number of hydrogen-bond acceptors (Lipinski definition) is 2. The van der Waals surface area contributed by atoms with E-state index < -0.39 is 0 Å². The van der Waals surface area contributed by atoms with Gasteiger partial charge in [-0.2, -0.15) is 0 Å². The van der Waals surface area contributed by atoms with Gasteiger partial charge in [0, 0.05) is 18.5 Å². The molecule has 1 N–H and O–H groups in total. The maximum absolute atomic E-state index is 11.9. The van der Waals surface area contributed by atoms with Crippen LogP contribution in [0, 0.1) is 6.92 Å². The number of aliphatic imine (C=N–C) groups is 1. The third-order valence-electron chi connectivity index (χ3n) is 2.83. The average molecular weight is 255 g/mol. The van der Waals surface area contributed by atoms with Crippen LogP contribution in [0.5, 0.6) is 0 Å². The highest BCUT2D eigenvalue weighted by Gasteiger charge is 2.05. The van der Waals surface area contributed by atoms with Crippen LogP contribution in [0.3, 0.4) is 0 Å². The van der Waals surface area contributed by atoms with Crippen LogP contribution in [0.4, 0.5) is 5.69 Å². The average Bonchev–Trinajstić information content (AvgIpc) is 2.71. The lowest BCUT2D eigenvalue weighted by Crippen LogP contribution is -2.16. The molecule has 0 bridgehead atoms. The second kappa shape index (κ2) is 6.00. The number of para-hydroxylation sites is 1. The summed E-state index contributed by atoms with van der Waals surface area (Å²) >= 11 is 0. The number of allylic oxidation sites excluding steroid dienone is 1. The summed E-state index contributed by atoms with van der Waals surface area (Å²) in [6, 6.07) is 9.68. The molecule has 1 heterocycles. The van der Waals surface area contributed by atoms with E-state index in [0.29, 0.717) is 12.1 Å². The van der Waals surface area contributed by atoms with E-state index in [1.54, 1.807) is 23.0 Å². The molecule has 2 rings (SSSR count). The fraction of sp³-hybridized carbons (Fsp3) is 0.200. The highest BCUT2D eigenvalue weighted by Crippen LogP contribution is 2.08. The van der Waals surface area contributed by atoms with Crippen LogP contribution in [0.25, 0.3) is 6.08 Å². The van der Waals surface area contributed by atoms with Gasteiger partial charge < -0.3 is 0 Å². The quantitative estimate of drug-likeness (QED) is 0.839. The predicted molar refractivity (Wildman–Crippen MR) is 79.1 cm³/mol. The first kappa shape index (κ1) is 13.1. The summed E-state index contributed by atoms with van der Waals surface area (Å²) < 4.78 is 1.59. The fourth-order valence-electron chi connectivity index (χ4n) is 1.82. The number of aromatic nitrogens is 2. The molecule has 0 aliphatic rings. The van der Waals surface area contributed by atoms with Crippen molar-refractivity contribution in [1.29, 1.82) is 0 Å². The van der Waals surface area contributed by atoms with E-state index in [9.17, 15) is 4.79 Å². The fourth-order valence-corrected chi connectivity index (χ4v) is 1.82. The van der Waals surface area contributed by atoms with Crippen LogP contribution in [0.1, 0.15) is 18.2 Å². The molecule has 0 unspecified atom stereocenters. The molecule has 4 heteroatoms. The predicted octanol–water partition coefficient (Wildman–Crippen LogP) is 2.92. The molecule has 0 radical (unpaired) electrons. The van der Waals surface area contributed by atoms with Crippen LogP contribution >= 0.6 is 0 Å². The Labute approximate surface area is 112 Å². The Kier molecular flexibility index (Phi) is 4.13. The van der Waals surface area contributed by atoms with Gasteiger partial charge in [0.25, 0.3) is 5.56 Å². The van der Waals surface area contributed by atoms with E-state index in [2.05, 4.69) is 10.1 Å². The van der Waals surface area contributed by atoms with E-state index in [1.807, 2.05) is 44.2 Å². The molecule has 4 nitrogen and oxygen atoms in total. The molecule has 1 aromatic carbocycles. The van der Waals surface area contributed by atoms with Crippen molar-refractivity contribution in [2.75, 3.05) is 0 Å². The summed E-state index contributed by atoms with van der Waals surface area (Å²) in [5, 5.41) is 3.03. The molecule has 0 atom stereocenters. The topological polar surface area (TPSA) is 50.1 Å². The molecule has 19 heavy (non-hydrogen) atoms. The lowest BCUT2D eigenvalue weighted by molar-refractivity contribution is 0.632. The van der Waals surface area contributed by atoms with Crippen molar-refractivity contribution < 1.29 is 0 Å². The Hall–Kier alpha value is -2.36. The Balaban J connectivity index is 2.14. The lowest BCUT2D eigenvalue weighted by Gasteiger charge is -1.91. The molecule has 0 aliphatic carbocycles. The Morgan fingerprint density at radius 3 is 2.68 bits per heavy atom.